The first-order valence-corrected chi connectivity index (χ1v) is 5.83. The lowest BCUT2D eigenvalue weighted by molar-refractivity contribution is 0.569. The highest BCUT2D eigenvalue weighted by Gasteiger charge is 2.22. The zero-order valence-electron chi connectivity index (χ0n) is 9.50. The minimum atomic E-state index is 0.0682. The van der Waals surface area contributed by atoms with Gasteiger partial charge in [-0.15, -0.1) is 0 Å². The number of aryl methyl sites for hydroxylation is 1. The van der Waals surface area contributed by atoms with Crippen LogP contribution in [0.2, 0.25) is 0 Å². The predicted molar refractivity (Wildman–Crippen MR) is 66.3 cm³/mol. The third kappa shape index (κ3) is 1.81. The summed E-state index contributed by atoms with van der Waals surface area (Å²) in [5.74, 6) is 0. The molecule has 0 N–H and O–H groups in total. The molecule has 2 heterocycles. The fourth-order valence-corrected chi connectivity index (χ4v) is 2.57. The Morgan fingerprint density at radius 1 is 1.27 bits per heavy atom. The molecule has 3 heteroatoms. The first-order chi connectivity index (χ1) is 6.89. The molecule has 0 radical (unpaired) electrons. The van der Waals surface area contributed by atoms with Crippen LogP contribution in [0.5, 0.6) is 0 Å². The molecule has 0 aromatic carbocycles. The fourth-order valence-electron chi connectivity index (χ4n) is 1.60. The van der Waals surface area contributed by atoms with Crippen molar-refractivity contribution < 1.29 is 0 Å². The Kier molecular flexibility index (Phi) is 2.38. The van der Waals surface area contributed by atoms with Crippen LogP contribution in [0.1, 0.15) is 32.0 Å². The van der Waals surface area contributed by atoms with Crippen molar-refractivity contribution >= 4 is 21.6 Å². The molecule has 0 atom stereocenters. The predicted octanol–water partition coefficient (Wildman–Crippen LogP) is 3.70. The largest absolute Gasteiger partial charge is 0.294 e. The Morgan fingerprint density at radius 2 is 1.93 bits per heavy atom. The minimum Gasteiger partial charge on any atom is -0.294 e. The Morgan fingerprint density at radius 3 is 2.53 bits per heavy atom. The average Bonchev–Trinajstić information content (AvgIpc) is 2.43. The molecule has 0 bridgehead atoms. The van der Waals surface area contributed by atoms with E-state index in [1.807, 2.05) is 0 Å². The molecule has 2 aromatic rings. The zero-order valence-corrected chi connectivity index (χ0v) is 11.1. The molecule has 0 unspecified atom stereocenters. The van der Waals surface area contributed by atoms with E-state index in [1.54, 1.807) is 0 Å². The number of hydrogen-bond acceptors (Lipinski definition) is 1. The summed E-state index contributed by atoms with van der Waals surface area (Å²) in [6.07, 6.45) is 2.10. The molecule has 0 saturated carbocycles. The third-order valence-corrected chi connectivity index (χ3v) is 3.18. The van der Waals surface area contributed by atoms with Gasteiger partial charge in [-0.1, -0.05) is 26.8 Å². The van der Waals surface area contributed by atoms with Gasteiger partial charge in [-0.05, 0) is 34.5 Å². The SMILES string of the molecule is Cc1ccc2nc(C(C)(C)C)c(Br)n2c1. The van der Waals surface area contributed by atoms with Gasteiger partial charge in [-0.25, -0.2) is 4.98 Å². The average molecular weight is 267 g/mol. The van der Waals surface area contributed by atoms with Gasteiger partial charge in [-0.3, -0.25) is 4.40 Å². The lowest BCUT2D eigenvalue weighted by Gasteiger charge is -2.15. The second kappa shape index (κ2) is 3.34. The van der Waals surface area contributed by atoms with E-state index in [-0.39, 0.29) is 5.41 Å². The molecule has 0 saturated heterocycles. The van der Waals surface area contributed by atoms with Crippen LogP contribution in [-0.2, 0) is 5.41 Å². The van der Waals surface area contributed by atoms with E-state index in [2.05, 4.69) is 71.3 Å². The molecule has 0 fully saturated rings. The number of aromatic nitrogens is 2. The fraction of sp³-hybridized carbons (Fsp3) is 0.417. The van der Waals surface area contributed by atoms with Crippen LogP contribution in [0.15, 0.2) is 22.9 Å². The molecule has 2 nitrogen and oxygen atoms in total. The van der Waals surface area contributed by atoms with Crippen molar-refractivity contribution in [2.24, 2.45) is 0 Å². The van der Waals surface area contributed by atoms with Crippen LogP contribution >= 0.6 is 15.9 Å². The number of halogens is 1. The van der Waals surface area contributed by atoms with Gasteiger partial charge >= 0.3 is 0 Å². The highest BCUT2D eigenvalue weighted by molar-refractivity contribution is 9.10. The number of imidazole rings is 1. The highest BCUT2D eigenvalue weighted by atomic mass is 79.9. The van der Waals surface area contributed by atoms with Gasteiger partial charge in [0.15, 0.2) is 0 Å². The summed E-state index contributed by atoms with van der Waals surface area (Å²) < 4.78 is 3.16. The van der Waals surface area contributed by atoms with E-state index in [0.29, 0.717) is 0 Å². The standard InChI is InChI=1S/C12H15BrN2/c1-8-5-6-9-14-10(12(2,3)4)11(13)15(9)7-8/h5-7H,1-4H3. The molecule has 0 amide bonds. The molecule has 2 aromatic heterocycles. The highest BCUT2D eigenvalue weighted by Crippen LogP contribution is 2.29. The molecule has 0 aliphatic rings. The minimum absolute atomic E-state index is 0.0682. The maximum atomic E-state index is 4.64. The summed E-state index contributed by atoms with van der Waals surface area (Å²) in [6.45, 7) is 8.60. The van der Waals surface area contributed by atoms with Crippen molar-refractivity contribution in [1.82, 2.24) is 9.38 Å². The molecular formula is C12H15BrN2. The van der Waals surface area contributed by atoms with Gasteiger partial charge < -0.3 is 0 Å². The molecular weight excluding hydrogens is 252 g/mol. The summed E-state index contributed by atoms with van der Waals surface area (Å²) in [6, 6.07) is 4.14. The number of nitrogens with zero attached hydrogens (tertiary/aromatic N) is 2. The van der Waals surface area contributed by atoms with Crippen LogP contribution in [0.3, 0.4) is 0 Å². The van der Waals surface area contributed by atoms with Crippen molar-refractivity contribution in [3.05, 3.63) is 34.2 Å². The molecule has 80 valence electrons. The summed E-state index contributed by atoms with van der Waals surface area (Å²) in [5, 5.41) is 0. The molecule has 2 rings (SSSR count). The maximum Gasteiger partial charge on any atom is 0.137 e. The van der Waals surface area contributed by atoms with Gasteiger partial charge in [0.25, 0.3) is 0 Å². The molecule has 0 spiro atoms. The van der Waals surface area contributed by atoms with Crippen molar-refractivity contribution in [1.29, 1.82) is 0 Å². The van der Waals surface area contributed by atoms with Gasteiger partial charge in [0.2, 0.25) is 0 Å². The molecule has 0 aliphatic heterocycles. The van der Waals surface area contributed by atoms with Gasteiger partial charge in [0, 0.05) is 11.6 Å². The van der Waals surface area contributed by atoms with E-state index in [4.69, 9.17) is 0 Å². The van der Waals surface area contributed by atoms with Crippen LogP contribution in [0, 0.1) is 6.92 Å². The number of fused-ring (bicyclic) bond motifs is 1. The Hall–Kier alpha value is -0.830. The Balaban J connectivity index is 2.76. The van der Waals surface area contributed by atoms with Crippen LogP contribution in [-0.4, -0.2) is 9.38 Å². The Labute approximate surface area is 98.5 Å². The van der Waals surface area contributed by atoms with Gasteiger partial charge in [0.1, 0.15) is 10.3 Å². The normalized spacial score (nSPS) is 12.3. The van der Waals surface area contributed by atoms with E-state index in [1.165, 1.54) is 5.56 Å². The molecule has 15 heavy (non-hydrogen) atoms. The lowest BCUT2D eigenvalue weighted by Crippen LogP contribution is -2.12. The van der Waals surface area contributed by atoms with E-state index >= 15 is 0 Å². The van der Waals surface area contributed by atoms with Crippen LogP contribution in [0.25, 0.3) is 5.65 Å². The maximum absolute atomic E-state index is 4.64. The monoisotopic (exact) mass is 266 g/mol. The van der Waals surface area contributed by atoms with E-state index in [0.717, 1.165) is 15.9 Å². The number of rotatable bonds is 0. The van der Waals surface area contributed by atoms with E-state index < -0.39 is 0 Å². The van der Waals surface area contributed by atoms with Gasteiger partial charge in [-0.2, -0.15) is 0 Å². The van der Waals surface area contributed by atoms with Crippen molar-refractivity contribution in [3.63, 3.8) is 0 Å². The second-order valence-electron chi connectivity index (χ2n) is 4.94. The lowest BCUT2D eigenvalue weighted by atomic mass is 9.93. The van der Waals surface area contributed by atoms with Crippen LogP contribution in [0.4, 0.5) is 0 Å². The second-order valence-corrected chi connectivity index (χ2v) is 5.69. The van der Waals surface area contributed by atoms with Crippen LogP contribution < -0.4 is 0 Å². The van der Waals surface area contributed by atoms with Crippen molar-refractivity contribution in [2.75, 3.05) is 0 Å². The third-order valence-electron chi connectivity index (χ3n) is 2.42. The first-order valence-electron chi connectivity index (χ1n) is 5.04. The summed E-state index contributed by atoms with van der Waals surface area (Å²) in [4.78, 5) is 4.64. The summed E-state index contributed by atoms with van der Waals surface area (Å²) in [5.41, 5.74) is 3.41. The number of pyridine rings is 1. The zero-order chi connectivity index (χ0) is 11.2. The number of hydrogen-bond donors (Lipinski definition) is 0. The summed E-state index contributed by atoms with van der Waals surface area (Å²) in [7, 11) is 0. The summed E-state index contributed by atoms with van der Waals surface area (Å²) >= 11 is 3.62. The Bertz CT molecular complexity index is 506. The van der Waals surface area contributed by atoms with E-state index in [9.17, 15) is 0 Å². The quantitative estimate of drug-likeness (QED) is 0.711. The van der Waals surface area contributed by atoms with Gasteiger partial charge in [0.05, 0.1) is 5.69 Å². The molecule has 0 aliphatic carbocycles. The topological polar surface area (TPSA) is 17.3 Å². The van der Waals surface area contributed by atoms with Crippen molar-refractivity contribution in [2.45, 2.75) is 33.1 Å². The first kappa shape index (κ1) is 10.7. The smallest absolute Gasteiger partial charge is 0.137 e. The van der Waals surface area contributed by atoms with Crippen molar-refractivity contribution in [3.8, 4) is 0 Å².